The molecule has 0 unspecified atom stereocenters. The van der Waals surface area contributed by atoms with E-state index in [0.29, 0.717) is 11.1 Å². The van der Waals surface area contributed by atoms with Gasteiger partial charge in [-0.15, -0.1) is 0 Å². The van der Waals surface area contributed by atoms with E-state index in [1.54, 1.807) is 36.4 Å². The minimum absolute atomic E-state index is 0.123. The Labute approximate surface area is 118 Å². The molecule has 0 fully saturated rings. The van der Waals surface area contributed by atoms with Crippen LogP contribution in [-0.4, -0.2) is 11.1 Å². The molecule has 2 aromatic carbocycles. The molecule has 0 aliphatic rings. The predicted octanol–water partition coefficient (Wildman–Crippen LogP) is 4.21. The molecule has 19 heavy (non-hydrogen) atoms. The first-order valence-electron chi connectivity index (χ1n) is 5.53. The van der Waals surface area contributed by atoms with Crippen LogP contribution in [0.1, 0.15) is 11.1 Å². The molecule has 0 aliphatic carbocycles. The maximum Gasteiger partial charge on any atom is 0.336 e. The summed E-state index contributed by atoms with van der Waals surface area (Å²) in [6, 6.07) is 12.7. The van der Waals surface area contributed by atoms with Gasteiger partial charge in [-0.05, 0) is 41.5 Å². The number of rotatable bonds is 3. The van der Waals surface area contributed by atoms with E-state index < -0.39 is 11.8 Å². The van der Waals surface area contributed by atoms with Crippen molar-refractivity contribution in [1.82, 2.24) is 0 Å². The van der Waals surface area contributed by atoms with Gasteiger partial charge in [-0.2, -0.15) is 0 Å². The SMILES string of the molecule is O=C(O)/C(=C\c1cccc(F)c1)c1ccc(Br)cc1. The Bertz CT molecular complexity index is 633. The lowest BCUT2D eigenvalue weighted by Gasteiger charge is -2.03. The fourth-order valence-electron chi connectivity index (χ4n) is 1.66. The summed E-state index contributed by atoms with van der Waals surface area (Å²) in [5.74, 6) is -1.44. The number of hydrogen-bond donors (Lipinski definition) is 1. The monoisotopic (exact) mass is 320 g/mol. The highest BCUT2D eigenvalue weighted by Gasteiger charge is 2.10. The number of benzene rings is 2. The molecule has 4 heteroatoms. The molecule has 1 N–H and O–H groups in total. The van der Waals surface area contributed by atoms with E-state index in [9.17, 15) is 14.3 Å². The number of halogens is 2. The smallest absolute Gasteiger partial charge is 0.336 e. The van der Waals surface area contributed by atoms with Gasteiger partial charge in [-0.1, -0.05) is 40.2 Å². The molecule has 2 aromatic rings. The Hall–Kier alpha value is -1.94. The largest absolute Gasteiger partial charge is 0.478 e. The van der Waals surface area contributed by atoms with Crippen molar-refractivity contribution in [3.63, 3.8) is 0 Å². The van der Waals surface area contributed by atoms with Gasteiger partial charge in [-0.25, -0.2) is 9.18 Å². The molecular weight excluding hydrogens is 311 g/mol. The topological polar surface area (TPSA) is 37.3 Å². The summed E-state index contributed by atoms with van der Waals surface area (Å²) in [7, 11) is 0. The molecule has 2 nitrogen and oxygen atoms in total. The number of carboxylic acid groups (broad SMARTS) is 1. The van der Waals surface area contributed by atoms with Crippen molar-refractivity contribution in [2.45, 2.75) is 0 Å². The molecule has 0 aromatic heterocycles. The molecular formula is C15H10BrFO2. The molecule has 0 saturated carbocycles. The van der Waals surface area contributed by atoms with E-state index in [1.807, 2.05) is 0 Å². The molecule has 0 saturated heterocycles. The van der Waals surface area contributed by atoms with Crippen LogP contribution in [-0.2, 0) is 4.79 Å². The average Bonchev–Trinajstić information content (AvgIpc) is 2.37. The summed E-state index contributed by atoms with van der Waals surface area (Å²) >= 11 is 3.29. The molecule has 0 amide bonds. The van der Waals surface area contributed by atoms with Crippen LogP contribution in [0.25, 0.3) is 11.6 Å². The van der Waals surface area contributed by atoms with E-state index in [0.717, 1.165) is 4.47 Å². The van der Waals surface area contributed by atoms with Crippen LogP contribution in [0.3, 0.4) is 0 Å². The number of aliphatic carboxylic acids is 1. The Morgan fingerprint density at radius 3 is 2.42 bits per heavy atom. The molecule has 2 rings (SSSR count). The third kappa shape index (κ3) is 3.51. The Kier molecular flexibility index (Phi) is 4.12. The first-order chi connectivity index (χ1) is 9.06. The molecule has 0 spiro atoms. The summed E-state index contributed by atoms with van der Waals surface area (Å²) in [5, 5.41) is 9.25. The zero-order valence-electron chi connectivity index (χ0n) is 9.81. The summed E-state index contributed by atoms with van der Waals surface area (Å²) in [6.07, 6.45) is 1.45. The number of hydrogen-bond acceptors (Lipinski definition) is 1. The second-order valence-corrected chi connectivity index (χ2v) is 4.84. The van der Waals surface area contributed by atoms with Crippen molar-refractivity contribution in [2.24, 2.45) is 0 Å². The summed E-state index contributed by atoms with van der Waals surface area (Å²) < 4.78 is 14.0. The molecule has 0 radical (unpaired) electrons. The molecule has 0 bridgehead atoms. The van der Waals surface area contributed by atoms with Gasteiger partial charge in [-0.3, -0.25) is 0 Å². The number of carbonyl (C=O) groups is 1. The van der Waals surface area contributed by atoms with Crippen LogP contribution in [0.5, 0.6) is 0 Å². The van der Waals surface area contributed by atoms with Gasteiger partial charge in [0.1, 0.15) is 5.82 Å². The van der Waals surface area contributed by atoms with Gasteiger partial charge >= 0.3 is 5.97 Å². The lowest BCUT2D eigenvalue weighted by Crippen LogP contribution is -1.99. The maximum absolute atomic E-state index is 13.1. The number of carboxylic acids is 1. The van der Waals surface area contributed by atoms with Crippen LogP contribution in [0.4, 0.5) is 4.39 Å². The first-order valence-corrected chi connectivity index (χ1v) is 6.32. The molecule has 0 heterocycles. The summed E-state index contributed by atoms with van der Waals surface area (Å²) in [6.45, 7) is 0. The zero-order chi connectivity index (χ0) is 13.8. The highest BCUT2D eigenvalue weighted by molar-refractivity contribution is 9.10. The quantitative estimate of drug-likeness (QED) is 0.679. The summed E-state index contributed by atoms with van der Waals surface area (Å²) in [5.41, 5.74) is 1.21. The fourth-order valence-corrected chi connectivity index (χ4v) is 1.93. The lowest BCUT2D eigenvalue weighted by molar-refractivity contribution is -0.130. The molecule has 0 atom stereocenters. The highest BCUT2D eigenvalue weighted by atomic mass is 79.9. The van der Waals surface area contributed by atoms with Crippen molar-refractivity contribution >= 4 is 33.5 Å². The van der Waals surface area contributed by atoms with Crippen LogP contribution >= 0.6 is 15.9 Å². The highest BCUT2D eigenvalue weighted by Crippen LogP contribution is 2.21. The van der Waals surface area contributed by atoms with Crippen molar-refractivity contribution < 1.29 is 14.3 Å². The van der Waals surface area contributed by atoms with Crippen molar-refractivity contribution in [3.8, 4) is 0 Å². The van der Waals surface area contributed by atoms with Gasteiger partial charge in [0.2, 0.25) is 0 Å². The normalized spacial score (nSPS) is 11.4. The second-order valence-electron chi connectivity index (χ2n) is 3.93. The van der Waals surface area contributed by atoms with E-state index in [-0.39, 0.29) is 5.57 Å². The Morgan fingerprint density at radius 1 is 1.16 bits per heavy atom. The van der Waals surface area contributed by atoms with Crippen LogP contribution in [0.15, 0.2) is 53.0 Å². The van der Waals surface area contributed by atoms with Gasteiger partial charge in [0.25, 0.3) is 0 Å². The first kappa shape index (κ1) is 13.5. The minimum atomic E-state index is -1.05. The third-order valence-corrected chi connectivity index (χ3v) is 3.07. The van der Waals surface area contributed by atoms with Crippen LogP contribution in [0, 0.1) is 5.82 Å². The van der Waals surface area contributed by atoms with E-state index in [1.165, 1.54) is 18.2 Å². The Balaban J connectivity index is 2.46. The average molecular weight is 321 g/mol. The van der Waals surface area contributed by atoms with Gasteiger partial charge in [0.05, 0.1) is 5.57 Å². The maximum atomic E-state index is 13.1. The van der Waals surface area contributed by atoms with E-state index in [2.05, 4.69) is 15.9 Å². The van der Waals surface area contributed by atoms with E-state index >= 15 is 0 Å². The lowest BCUT2D eigenvalue weighted by atomic mass is 10.0. The van der Waals surface area contributed by atoms with Crippen molar-refractivity contribution in [1.29, 1.82) is 0 Å². The zero-order valence-corrected chi connectivity index (χ0v) is 11.4. The Morgan fingerprint density at radius 2 is 1.84 bits per heavy atom. The van der Waals surface area contributed by atoms with Crippen LogP contribution < -0.4 is 0 Å². The van der Waals surface area contributed by atoms with Gasteiger partial charge in [0, 0.05) is 4.47 Å². The van der Waals surface area contributed by atoms with Crippen molar-refractivity contribution in [2.75, 3.05) is 0 Å². The molecule has 96 valence electrons. The van der Waals surface area contributed by atoms with Gasteiger partial charge < -0.3 is 5.11 Å². The minimum Gasteiger partial charge on any atom is -0.478 e. The second kappa shape index (κ2) is 5.80. The van der Waals surface area contributed by atoms with Crippen molar-refractivity contribution in [3.05, 3.63) is 69.9 Å². The molecule has 0 aliphatic heterocycles. The fraction of sp³-hybridized carbons (Fsp3) is 0. The summed E-state index contributed by atoms with van der Waals surface area (Å²) in [4.78, 5) is 11.3. The predicted molar refractivity (Wildman–Crippen MR) is 76.0 cm³/mol. The third-order valence-electron chi connectivity index (χ3n) is 2.55. The van der Waals surface area contributed by atoms with E-state index in [4.69, 9.17) is 0 Å². The standard InChI is InChI=1S/C15H10BrFO2/c16-12-6-4-11(5-7-12)14(15(18)19)9-10-2-1-3-13(17)8-10/h1-9H,(H,18,19)/b14-9-. The van der Waals surface area contributed by atoms with Gasteiger partial charge in [0.15, 0.2) is 0 Å². The van der Waals surface area contributed by atoms with Crippen LogP contribution in [0.2, 0.25) is 0 Å².